The molecule has 14 heavy (non-hydrogen) atoms. The summed E-state index contributed by atoms with van der Waals surface area (Å²) in [6.07, 6.45) is 4.37. The Labute approximate surface area is 83.5 Å². The summed E-state index contributed by atoms with van der Waals surface area (Å²) in [5.41, 5.74) is 0.686. The third-order valence-corrected chi connectivity index (χ3v) is 2.45. The normalized spacial score (nSPS) is 10.4. The summed E-state index contributed by atoms with van der Waals surface area (Å²) in [5.74, 6) is -0.384. The van der Waals surface area contributed by atoms with Crippen LogP contribution >= 0.6 is 11.3 Å². The van der Waals surface area contributed by atoms with Gasteiger partial charge in [-0.05, 0) is 11.6 Å². The highest BCUT2D eigenvalue weighted by Crippen LogP contribution is 2.02. The smallest absolute Gasteiger partial charge is 0.301 e. The van der Waals surface area contributed by atoms with Gasteiger partial charge in [0.25, 0.3) is 0 Å². The summed E-state index contributed by atoms with van der Waals surface area (Å²) < 4.78 is 14.3. The number of pyridine rings is 1. The van der Waals surface area contributed by atoms with Crippen molar-refractivity contribution in [1.29, 1.82) is 0 Å². The molecule has 0 amide bonds. The minimum absolute atomic E-state index is 0.0470. The van der Waals surface area contributed by atoms with E-state index in [0.29, 0.717) is 12.1 Å². The molecule has 3 nitrogen and oxygen atoms in total. The highest BCUT2D eigenvalue weighted by molar-refractivity contribution is 7.07. The Kier molecular flexibility index (Phi) is 2.41. The van der Waals surface area contributed by atoms with Crippen molar-refractivity contribution in [2.75, 3.05) is 0 Å². The average molecular weight is 210 g/mol. The number of thiazole rings is 1. The van der Waals surface area contributed by atoms with Gasteiger partial charge in [-0.3, -0.25) is 9.78 Å². The van der Waals surface area contributed by atoms with Crippen molar-refractivity contribution in [2.45, 2.75) is 6.54 Å². The van der Waals surface area contributed by atoms with Gasteiger partial charge >= 0.3 is 4.87 Å². The van der Waals surface area contributed by atoms with Gasteiger partial charge in [-0.1, -0.05) is 11.3 Å². The Morgan fingerprint density at radius 3 is 3.00 bits per heavy atom. The minimum atomic E-state index is -0.384. The Morgan fingerprint density at radius 2 is 2.36 bits per heavy atom. The van der Waals surface area contributed by atoms with Gasteiger partial charge in [0.05, 0.1) is 12.7 Å². The second kappa shape index (κ2) is 3.71. The van der Waals surface area contributed by atoms with Crippen LogP contribution in [-0.4, -0.2) is 9.55 Å². The maximum Gasteiger partial charge on any atom is 0.307 e. The van der Waals surface area contributed by atoms with Crippen LogP contribution in [0, 0.1) is 5.82 Å². The van der Waals surface area contributed by atoms with Crippen molar-refractivity contribution in [3.8, 4) is 0 Å². The van der Waals surface area contributed by atoms with E-state index in [1.165, 1.54) is 10.6 Å². The Hall–Kier alpha value is -1.49. The van der Waals surface area contributed by atoms with Crippen molar-refractivity contribution in [3.05, 3.63) is 51.1 Å². The molecule has 0 saturated heterocycles. The topological polar surface area (TPSA) is 34.9 Å². The number of hydrogen-bond acceptors (Lipinski definition) is 3. The lowest BCUT2D eigenvalue weighted by Crippen LogP contribution is -2.12. The van der Waals surface area contributed by atoms with E-state index in [1.54, 1.807) is 17.8 Å². The van der Waals surface area contributed by atoms with E-state index in [0.717, 1.165) is 17.5 Å². The molecule has 0 fully saturated rings. The Bertz CT molecular complexity index is 491. The van der Waals surface area contributed by atoms with Crippen molar-refractivity contribution in [1.82, 2.24) is 9.55 Å². The maximum absolute atomic E-state index is 12.7. The van der Waals surface area contributed by atoms with Gasteiger partial charge in [0.1, 0.15) is 5.82 Å². The van der Waals surface area contributed by atoms with Crippen LogP contribution < -0.4 is 4.87 Å². The molecule has 0 aliphatic rings. The fourth-order valence-corrected chi connectivity index (χ4v) is 1.73. The third-order valence-electron chi connectivity index (χ3n) is 1.76. The van der Waals surface area contributed by atoms with E-state index in [2.05, 4.69) is 4.98 Å². The molecule has 0 N–H and O–H groups in total. The van der Waals surface area contributed by atoms with Gasteiger partial charge in [-0.15, -0.1) is 0 Å². The van der Waals surface area contributed by atoms with Crippen molar-refractivity contribution >= 4 is 11.3 Å². The molecule has 0 spiro atoms. The predicted octanol–water partition coefficient (Wildman–Crippen LogP) is 1.49. The number of rotatable bonds is 2. The quantitative estimate of drug-likeness (QED) is 0.752. The number of aromatic nitrogens is 2. The zero-order valence-corrected chi connectivity index (χ0v) is 8.00. The van der Waals surface area contributed by atoms with Crippen molar-refractivity contribution in [3.63, 3.8) is 0 Å². The molecule has 2 heterocycles. The van der Waals surface area contributed by atoms with Crippen LogP contribution in [0.5, 0.6) is 0 Å². The van der Waals surface area contributed by atoms with Gasteiger partial charge in [0.2, 0.25) is 0 Å². The first kappa shape index (κ1) is 9.08. The van der Waals surface area contributed by atoms with Gasteiger partial charge in [0, 0.05) is 17.8 Å². The number of nitrogens with zero attached hydrogens (tertiary/aromatic N) is 2. The van der Waals surface area contributed by atoms with Gasteiger partial charge in [0.15, 0.2) is 0 Å². The SMILES string of the molecule is O=c1sccn1Cc1cncc(F)c1. The summed E-state index contributed by atoms with van der Waals surface area (Å²) in [6, 6.07) is 1.37. The van der Waals surface area contributed by atoms with E-state index in [4.69, 9.17) is 0 Å². The molecule has 5 heteroatoms. The molecule has 0 aromatic carbocycles. The third kappa shape index (κ3) is 1.88. The minimum Gasteiger partial charge on any atom is -0.301 e. The van der Waals surface area contributed by atoms with Crippen LogP contribution in [0.2, 0.25) is 0 Å². The molecule has 2 rings (SSSR count). The molecule has 0 radical (unpaired) electrons. The predicted molar refractivity (Wildman–Crippen MR) is 51.9 cm³/mol. The van der Waals surface area contributed by atoms with E-state index in [9.17, 15) is 9.18 Å². The molecule has 0 bridgehead atoms. The Balaban J connectivity index is 2.27. The molecule has 0 aliphatic heterocycles. The molecule has 72 valence electrons. The van der Waals surface area contributed by atoms with Crippen LogP contribution in [0.4, 0.5) is 4.39 Å². The van der Waals surface area contributed by atoms with Gasteiger partial charge in [-0.25, -0.2) is 4.39 Å². The zero-order chi connectivity index (χ0) is 9.97. The van der Waals surface area contributed by atoms with Crippen LogP contribution in [-0.2, 0) is 6.54 Å². The van der Waals surface area contributed by atoms with Crippen LogP contribution in [0.25, 0.3) is 0 Å². The fourth-order valence-electron chi connectivity index (χ4n) is 1.15. The largest absolute Gasteiger partial charge is 0.307 e. The first-order chi connectivity index (χ1) is 6.75. The molecule has 0 atom stereocenters. The lowest BCUT2D eigenvalue weighted by molar-refractivity contribution is 0.616. The molecular weight excluding hydrogens is 203 g/mol. The monoisotopic (exact) mass is 210 g/mol. The van der Waals surface area contributed by atoms with Gasteiger partial charge in [-0.2, -0.15) is 0 Å². The summed E-state index contributed by atoms with van der Waals surface area (Å²) >= 11 is 1.12. The van der Waals surface area contributed by atoms with Crippen molar-refractivity contribution in [2.24, 2.45) is 0 Å². The van der Waals surface area contributed by atoms with E-state index in [-0.39, 0.29) is 10.7 Å². The maximum atomic E-state index is 12.7. The fraction of sp³-hybridized carbons (Fsp3) is 0.111. The van der Waals surface area contributed by atoms with Crippen LogP contribution in [0.3, 0.4) is 0 Å². The molecule has 2 aromatic heterocycles. The molecule has 0 unspecified atom stereocenters. The second-order valence-corrected chi connectivity index (χ2v) is 3.67. The highest BCUT2D eigenvalue weighted by Gasteiger charge is 2.00. The first-order valence-corrected chi connectivity index (χ1v) is 4.87. The highest BCUT2D eigenvalue weighted by atomic mass is 32.1. The standard InChI is InChI=1S/C9H7FN2OS/c10-8-3-7(4-11-5-8)6-12-1-2-14-9(12)13/h1-5H,6H2. The molecular formula is C9H7FN2OS. The second-order valence-electron chi connectivity index (χ2n) is 2.81. The molecule has 0 saturated carbocycles. The zero-order valence-electron chi connectivity index (χ0n) is 7.18. The lowest BCUT2D eigenvalue weighted by atomic mass is 10.3. The summed E-state index contributed by atoms with van der Waals surface area (Å²) in [5, 5.41) is 1.70. The van der Waals surface area contributed by atoms with Crippen LogP contribution in [0.15, 0.2) is 34.8 Å². The van der Waals surface area contributed by atoms with E-state index in [1.807, 2.05) is 0 Å². The molecule has 2 aromatic rings. The first-order valence-electron chi connectivity index (χ1n) is 3.99. The summed E-state index contributed by atoms with van der Waals surface area (Å²) in [4.78, 5) is 14.8. The number of halogens is 1. The summed E-state index contributed by atoms with van der Waals surface area (Å²) in [7, 11) is 0. The lowest BCUT2D eigenvalue weighted by Gasteiger charge is -2.00. The Morgan fingerprint density at radius 1 is 1.50 bits per heavy atom. The van der Waals surface area contributed by atoms with E-state index < -0.39 is 0 Å². The summed E-state index contributed by atoms with van der Waals surface area (Å²) in [6.45, 7) is 0.368. The average Bonchev–Trinajstić information content (AvgIpc) is 2.52. The van der Waals surface area contributed by atoms with Gasteiger partial charge < -0.3 is 4.57 Å². The van der Waals surface area contributed by atoms with Crippen LogP contribution in [0.1, 0.15) is 5.56 Å². The van der Waals surface area contributed by atoms with Crippen molar-refractivity contribution < 1.29 is 4.39 Å². The molecule has 0 aliphatic carbocycles. The number of hydrogen-bond donors (Lipinski definition) is 0. The van der Waals surface area contributed by atoms with E-state index >= 15 is 0 Å².